The molecule has 0 saturated carbocycles. The molecule has 2 aliphatic rings. The van der Waals surface area contributed by atoms with E-state index in [9.17, 15) is 5.11 Å². The third kappa shape index (κ3) is 2.62. The van der Waals surface area contributed by atoms with Gasteiger partial charge in [-0.05, 0) is 24.5 Å². The summed E-state index contributed by atoms with van der Waals surface area (Å²) in [6, 6.07) is 0. The molecule has 17 heavy (non-hydrogen) atoms. The van der Waals surface area contributed by atoms with Gasteiger partial charge in [-0.3, -0.25) is 0 Å². The zero-order valence-corrected chi connectivity index (χ0v) is 10.7. The van der Waals surface area contributed by atoms with Crippen molar-refractivity contribution in [3.63, 3.8) is 0 Å². The number of hydrogen-bond acceptors (Lipinski definition) is 3. The molecule has 1 fully saturated rings. The molecule has 96 valence electrons. The molecule has 0 aromatic heterocycles. The largest absolute Gasteiger partial charge is 0.396 e. The number of hydrogen-bond donors (Lipinski definition) is 1. The van der Waals surface area contributed by atoms with Crippen molar-refractivity contribution in [2.24, 2.45) is 11.8 Å². The van der Waals surface area contributed by atoms with E-state index < -0.39 is 0 Å². The fraction of sp³-hybridized carbons (Fsp3) is 0.714. The van der Waals surface area contributed by atoms with Gasteiger partial charge in [0.25, 0.3) is 0 Å². The Morgan fingerprint density at radius 3 is 3.06 bits per heavy atom. The van der Waals surface area contributed by atoms with E-state index in [-0.39, 0.29) is 24.9 Å². The molecule has 3 heteroatoms. The van der Waals surface area contributed by atoms with Gasteiger partial charge in [0.05, 0.1) is 6.10 Å². The van der Waals surface area contributed by atoms with E-state index in [1.807, 2.05) is 13.8 Å². The van der Waals surface area contributed by atoms with Crippen LogP contribution < -0.4 is 0 Å². The Morgan fingerprint density at radius 2 is 2.41 bits per heavy atom. The Balaban J connectivity index is 2.08. The molecular weight excluding hydrogens is 216 g/mol. The molecule has 3 nitrogen and oxygen atoms in total. The van der Waals surface area contributed by atoms with Crippen molar-refractivity contribution in [1.82, 2.24) is 0 Å². The smallest absolute Gasteiger partial charge is 0.158 e. The topological polar surface area (TPSA) is 38.7 Å². The maximum absolute atomic E-state index is 9.24. The molecule has 1 unspecified atom stereocenters. The van der Waals surface area contributed by atoms with Crippen molar-refractivity contribution in [2.45, 2.75) is 39.1 Å². The number of aliphatic hydroxyl groups excluding tert-OH is 1. The molecule has 4 atom stereocenters. The minimum atomic E-state index is -0.0668. The van der Waals surface area contributed by atoms with Crippen molar-refractivity contribution in [1.29, 1.82) is 0 Å². The molecule has 1 heterocycles. The fourth-order valence-corrected chi connectivity index (χ4v) is 2.71. The highest BCUT2D eigenvalue weighted by Gasteiger charge is 2.38. The lowest BCUT2D eigenvalue weighted by Gasteiger charge is -2.27. The highest BCUT2D eigenvalue weighted by atomic mass is 16.7. The molecule has 1 aliphatic carbocycles. The Morgan fingerprint density at radius 1 is 1.65 bits per heavy atom. The maximum atomic E-state index is 9.24. The molecular formula is C14H22O3. The molecule has 0 radical (unpaired) electrons. The Bertz CT molecular complexity index is 321. The van der Waals surface area contributed by atoms with E-state index >= 15 is 0 Å². The van der Waals surface area contributed by atoms with Crippen LogP contribution in [0.3, 0.4) is 0 Å². The summed E-state index contributed by atoms with van der Waals surface area (Å²) in [6.07, 6.45) is 4.17. The zero-order chi connectivity index (χ0) is 12.4. The third-order valence-corrected chi connectivity index (χ3v) is 3.68. The average molecular weight is 238 g/mol. The van der Waals surface area contributed by atoms with E-state index in [4.69, 9.17) is 9.47 Å². The monoisotopic (exact) mass is 238 g/mol. The quantitative estimate of drug-likeness (QED) is 0.816. The first kappa shape index (κ1) is 12.8. The van der Waals surface area contributed by atoms with E-state index in [2.05, 4.69) is 12.7 Å². The lowest BCUT2D eigenvalue weighted by atomic mass is 9.80. The summed E-state index contributed by atoms with van der Waals surface area (Å²) in [6.45, 7) is 8.98. The number of aliphatic hydroxyl groups is 1. The van der Waals surface area contributed by atoms with Crippen LogP contribution in [0, 0.1) is 11.8 Å². The summed E-state index contributed by atoms with van der Waals surface area (Å²) in [5.41, 5.74) is 2.31. The van der Waals surface area contributed by atoms with Crippen LogP contribution in [0.1, 0.15) is 26.7 Å². The maximum Gasteiger partial charge on any atom is 0.158 e. The van der Waals surface area contributed by atoms with Crippen LogP contribution in [-0.4, -0.2) is 30.7 Å². The second-order valence-corrected chi connectivity index (χ2v) is 4.97. The van der Waals surface area contributed by atoms with Gasteiger partial charge in [-0.1, -0.05) is 19.6 Å². The molecule has 1 N–H and O–H groups in total. The highest BCUT2D eigenvalue weighted by Crippen LogP contribution is 2.40. The first-order valence-corrected chi connectivity index (χ1v) is 6.43. The van der Waals surface area contributed by atoms with Crippen molar-refractivity contribution in [3.8, 4) is 0 Å². The van der Waals surface area contributed by atoms with Gasteiger partial charge in [-0.25, -0.2) is 0 Å². The van der Waals surface area contributed by atoms with E-state index in [1.54, 1.807) is 0 Å². The van der Waals surface area contributed by atoms with Crippen LogP contribution in [0.5, 0.6) is 0 Å². The van der Waals surface area contributed by atoms with Crippen LogP contribution in [-0.2, 0) is 9.47 Å². The third-order valence-electron chi connectivity index (χ3n) is 3.68. The summed E-state index contributed by atoms with van der Waals surface area (Å²) in [5.74, 6) is 0.593. The second-order valence-electron chi connectivity index (χ2n) is 4.97. The van der Waals surface area contributed by atoms with Crippen molar-refractivity contribution in [2.75, 3.05) is 13.2 Å². The molecule has 0 bridgehead atoms. The van der Waals surface area contributed by atoms with E-state index in [1.165, 1.54) is 5.57 Å². The Hall–Kier alpha value is -0.640. The fourth-order valence-electron chi connectivity index (χ4n) is 2.71. The van der Waals surface area contributed by atoms with Crippen LogP contribution in [0.2, 0.25) is 0 Å². The highest BCUT2D eigenvalue weighted by molar-refractivity contribution is 5.35. The molecule has 1 saturated heterocycles. The molecule has 0 aromatic rings. The van der Waals surface area contributed by atoms with Gasteiger partial charge in [-0.15, -0.1) is 0 Å². The van der Waals surface area contributed by atoms with Gasteiger partial charge < -0.3 is 14.6 Å². The molecule has 2 rings (SSSR count). The molecule has 0 amide bonds. The summed E-state index contributed by atoms with van der Waals surface area (Å²) < 4.78 is 11.4. The summed E-state index contributed by atoms with van der Waals surface area (Å²) >= 11 is 0. The Kier molecular flexibility index (Phi) is 4.02. The second kappa shape index (κ2) is 5.34. The van der Waals surface area contributed by atoms with Gasteiger partial charge in [0.15, 0.2) is 6.29 Å². The summed E-state index contributed by atoms with van der Waals surface area (Å²) in [5, 5.41) is 9.24. The minimum absolute atomic E-state index is 0.0668. The number of ether oxygens (including phenoxy) is 2. The van der Waals surface area contributed by atoms with Gasteiger partial charge in [0.1, 0.15) is 0 Å². The van der Waals surface area contributed by atoms with Crippen LogP contribution >= 0.6 is 0 Å². The van der Waals surface area contributed by atoms with E-state index in [0.717, 1.165) is 18.4 Å². The van der Waals surface area contributed by atoms with Crippen molar-refractivity contribution in [3.05, 3.63) is 23.8 Å². The van der Waals surface area contributed by atoms with E-state index in [0.29, 0.717) is 12.5 Å². The predicted molar refractivity (Wildman–Crippen MR) is 66.5 cm³/mol. The van der Waals surface area contributed by atoms with Gasteiger partial charge in [0, 0.05) is 31.5 Å². The van der Waals surface area contributed by atoms with Crippen molar-refractivity contribution >= 4 is 0 Å². The molecule has 0 aromatic carbocycles. The van der Waals surface area contributed by atoms with Crippen LogP contribution in [0.25, 0.3) is 0 Å². The molecule has 1 aliphatic heterocycles. The summed E-state index contributed by atoms with van der Waals surface area (Å²) in [7, 11) is 0. The lowest BCUT2D eigenvalue weighted by Crippen LogP contribution is -2.23. The van der Waals surface area contributed by atoms with Crippen molar-refractivity contribution < 1.29 is 14.6 Å². The predicted octanol–water partition coefficient (Wildman–Crippen LogP) is 2.27. The average Bonchev–Trinajstić information content (AvgIpc) is 2.69. The van der Waals surface area contributed by atoms with Gasteiger partial charge in [-0.2, -0.15) is 0 Å². The Labute approximate surface area is 103 Å². The number of rotatable bonds is 4. The molecule has 0 spiro atoms. The van der Waals surface area contributed by atoms with Crippen LogP contribution in [0.4, 0.5) is 0 Å². The standard InChI is InChI=1S/C14H22O3/c1-4-16-14-7-11-6-12(10(3)8-15)9(2)5-13(11)17-14/h6,10-11,13-15H,2,4-5,7-8H2,1,3H3/t10-,11+,13+,14?/m0/s1. The zero-order valence-electron chi connectivity index (χ0n) is 10.7. The van der Waals surface area contributed by atoms with Crippen LogP contribution in [0.15, 0.2) is 23.8 Å². The minimum Gasteiger partial charge on any atom is -0.396 e. The lowest BCUT2D eigenvalue weighted by molar-refractivity contribution is -0.130. The SMILES string of the molecule is C=C1C[C@H]2OC(OCC)C[C@H]2C=C1[C@@H](C)CO. The summed E-state index contributed by atoms with van der Waals surface area (Å²) in [4.78, 5) is 0. The first-order chi connectivity index (χ1) is 8.15. The van der Waals surface area contributed by atoms with Gasteiger partial charge in [0.2, 0.25) is 0 Å². The number of fused-ring (bicyclic) bond motifs is 1. The van der Waals surface area contributed by atoms with Gasteiger partial charge >= 0.3 is 0 Å². The normalized spacial score (nSPS) is 34.4. The first-order valence-electron chi connectivity index (χ1n) is 6.43.